The summed E-state index contributed by atoms with van der Waals surface area (Å²) in [6.07, 6.45) is 1.27. The van der Waals surface area contributed by atoms with Gasteiger partial charge in [0, 0.05) is 23.9 Å². The average Bonchev–Trinajstić information content (AvgIpc) is 2.27. The zero-order valence-electron chi connectivity index (χ0n) is 10.2. The summed E-state index contributed by atoms with van der Waals surface area (Å²) in [5, 5.41) is 10.1. The summed E-state index contributed by atoms with van der Waals surface area (Å²) < 4.78 is 22.7. The Kier molecular flexibility index (Phi) is 4.42. The number of benzene rings is 1. The first-order chi connectivity index (χ1) is 8.23. The molecule has 1 rings (SSSR count). The number of nitro benzene ring substituents is 1. The molecule has 2 N–H and O–H groups in total. The highest BCUT2D eigenvalue weighted by Crippen LogP contribution is 2.20. The van der Waals surface area contributed by atoms with E-state index in [-0.39, 0.29) is 12.1 Å². The molecule has 1 aromatic rings. The number of nitrogens with zero attached hydrogens (tertiary/aromatic N) is 1. The van der Waals surface area contributed by atoms with Crippen LogP contribution in [0.4, 0.5) is 5.69 Å². The Balaban J connectivity index is 2.95. The third kappa shape index (κ3) is 3.51. The molecule has 0 amide bonds. The fourth-order valence-electron chi connectivity index (χ4n) is 1.60. The van der Waals surface area contributed by atoms with Crippen LogP contribution in [0.1, 0.15) is 12.5 Å². The molecule has 6 nitrogen and oxygen atoms in total. The summed E-state index contributed by atoms with van der Waals surface area (Å²) >= 11 is 0. The summed E-state index contributed by atoms with van der Waals surface area (Å²) in [6.45, 7) is 1.51. The second-order valence-corrected chi connectivity index (χ2v) is 6.69. The minimum atomic E-state index is -3.25. The van der Waals surface area contributed by atoms with Crippen molar-refractivity contribution in [1.82, 2.24) is 0 Å². The Labute approximate surface area is 106 Å². The van der Waals surface area contributed by atoms with Crippen LogP contribution in [0.2, 0.25) is 0 Å². The van der Waals surface area contributed by atoms with Gasteiger partial charge in [0.05, 0.1) is 10.2 Å². The lowest BCUT2D eigenvalue weighted by molar-refractivity contribution is -0.385. The molecule has 0 spiro atoms. The monoisotopic (exact) mass is 272 g/mol. The van der Waals surface area contributed by atoms with Gasteiger partial charge in [-0.3, -0.25) is 10.1 Å². The van der Waals surface area contributed by atoms with E-state index in [0.29, 0.717) is 5.56 Å². The van der Waals surface area contributed by atoms with E-state index in [2.05, 4.69) is 0 Å². The Morgan fingerprint density at radius 1 is 1.39 bits per heavy atom. The van der Waals surface area contributed by atoms with Gasteiger partial charge in [0.25, 0.3) is 5.69 Å². The molecular weight excluding hydrogens is 256 g/mol. The normalized spacial score (nSPS) is 15.1. The fourth-order valence-corrected chi connectivity index (χ4v) is 2.33. The van der Waals surface area contributed by atoms with E-state index in [4.69, 9.17) is 5.73 Å². The van der Waals surface area contributed by atoms with Gasteiger partial charge < -0.3 is 5.73 Å². The Bertz CT molecular complexity index is 542. The van der Waals surface area contributed by atoms with E-state index < -0.39 is 26.1 Å². The zero-order valence-corrected chi connectivity index (χ0v) is 11.1. The highest BCUT2D eigenvalue weighted by molar-refractivity contribution is 7.91. The lowest BCUT2D eigenvalue weighted by Crippen LogP contribution is -2.39. The number of nitrogens with two attached hydrogens (primary N) is 1. The number of nitro groups is 1. The standard InChI is InChI=1S/C11H16N2O4S/c1-8(18(2,16)17)10(12)7-9-5-3-4-6-11(9)13(14)15/h3-6,8,10H,7,12H2,1-2H3. The van der Waals surface area contributed by atoms with Gasteiger partial charge in [-0.2, -0.15) is 0 Å². The molecule has 0 heterocycles. The molecule has 7 heteroatoms. The first-order valence-corrected chi connectivity index (χ1v) is 7.35. The molecule has 0 fully saturated rings. The Morgan fingerprint density at radius 2 is 1.94 bits per heavy atom. The van der Waals surface area contributed by atoms with E-state index >= 15 is 0 Å². The average molecular weight is 272 g/mol. The quantitative estimate of drug-likeness (QED) is 0.633. The number of para-hydroxylation sites is 1. The molecule has 1 aromatic carbocycles. The van der Waals surface area contributed by atoms with Crippen molar-refractivity contribution in [2.24, 2.45) is 5.73 Å². The second-order valence-electron chi connectivity index (χ2n) is 4.29. The summed E-state index contributed by atoms with van der Waals surface area (Å²) in [5.41, 5.74) is 6.22. The summed E-state index contributed by atoms with van der Waals surface area (Å²) in [5.74, 6) is 0. The van der Waals surface area contributed by atoms with Crippen molar-refractivity contribution in [3.63, 3.8) is 0 Å². The topological polar surface area (TPSA) is 103 Å². The van der Waals surface area contributed by atoms with Gasteiger partial charge in [-0.15, -0.1) is 0 Å². The number of rotatable bonds is 5. The molecule has 0 aromatic heterocycles. The van der Waals surface area contributed by atoms with Gasteiger partial charge in [0.15, 0.2) is 9.84 Å². The van der Waals surface area contributed by atoms with Gasteiger partial charge in [-0.1, -0.05) is 18.2 Å². The first kappa shape index (κ1) is 14.6. The number of sulfone groups is 1. The minimum absolute atomic E-state index is 0.0337. The van der Waals surface area contributed by atoms with E-state index in [1.54, 1.807) is 18.2 Å². The number of hydrogen-bond acceptors (Lipinski definition) is 5. The third-order valence-corrected chi connectivity index (χ3v) is 4.62. The van der Waals surface area contributed by atoms with Crippen LogP contribution in [0.3, 0.4) is 0 Å². The Morgan fingerprint density at radius 3 is 2.44 bits per heavy atom. The third-order valence-electron chi connectivity index (χ3n) is 2.92. The molecule has 0 aliphatic carbocycles. The van der Waals surface area contributed by atoms with E-state index in [1.165, 1.54) is 13.0 Å². The first-order valence-electron chi connectivity index (χ1n) is 5.40. The molecule has 0 saturated heterocycles. The van der Waals surface area contributed by atoms with Crippen LogP contribution in [-0.2, 0) is 16.3 Å². The van der Waals surface area contributed by atoms with Crippen LogP contribution in [0.15, 0.2) is 24.3 Å². The highest BCUT2D eigenvalue weighted by Gasteiger charge is 2.25. The molecule has 18 heavy (non-hydrogen) atoms. The molecule has 0 bridgehead atoms. The van der Waals surface area contributed by atoms with Crippen LogP contribution >= 0.6 is 0 Å². The zero-order chi connectivity index (χ0) is 13.9. The molecule has 0 aliphatic rings. The molecule has 2 unspecified atom stereocenters. The predicted molar refractivity (Wildman–Crippen MR) is 69.1 cm³/mol. The van der Waals surface area contributed by atoms with Gasteiger partial charge in [-0.25, -0.2) is 8.42 Å². The fraction of sp³-hybridized carbons (Fsp3) is 0.455. The van der Waals surface area contributed by atoms with Crippen LogP contribution in [0.5, 0.6) is 0 Å². The predicted octanol–water partition coefficient (Wildman–Crippen LogP) is 0.898. The van der Waals surface area contributed by atoms with E-state index in [1.807, 2.05) is 0 Å². The van der Waals surface area contributed by atoms with Crippen molar-refractivity contribution in [3.8, 4) is 0 Å². The van der Waals surface area contributed by atoms with Crippen molar-refractivity contribution in [2.45, 2.75) is 24.6 Å². The van der Waals surface area contributed by atoms with E-state index in [9.17, 15) is 18.5 Å². The molecule has 0 aliphatic heterocycles. The molecule has 100 valence electrons. The van der Waals surface area contributed by atoms with Gasteiger partial charge in [-0.05, 0) is 13.3 Å². The summed E-state index contributed by atoms with van der Waals surface area (Å²) in [7, 11) is -3.25. The van der Waals surface area contributed by atoms with Crippen molar-refractivity contribution in [1.29, 1.82) is 0 Å². The summed E-state index contributed by atoms with van der Waals surface area (Å²) in [6, 6.07) is 5.54. The second kappa shape index (κ2) is 5.45. The highest BCUT2D eigenvalue weighted by atomic mass is 32.2. The smallest absolute Gasteiger partial charge is 0.272 e. The van der Waals surface area contributed by atoms with Crippen molar-refractivity contribution < 1.29 is 13.3 Å². The lowest BCUT2D eigenvalue weighted by Gasteiger charge is -2.18. The van der Waals surface area contributed by atoms with Crippen LogP contribution < -0.4 is 5.73 Å². The summed E-state index contributed by atoms with van der Waals surface area (Å²) in [4.78, 5) is 10.3. The molecule has 0 saturated carbocycles. The van der Waals surface area contributed by atoms with Crippen LogP contribution in [-0.4, -0.2) is 30.9 Å². The van der Waals surface area contributed by atoms with Gasteiger partial charge >= 0.3 is 0 Å². The molecule has 0 radical (unpaired) electrons. The van der Waals surface area contributed by atoms with E-state index in [0.717, 1.165) is 6.26 Å². The maximum absolute atomic E-state index is 11.4. The van der Waals surface area contributed by atoms with Crippen LogP contribution in [0, 0.1) is 10.1 Å². The van der Waals surface area contributed by atoms with Crippen molar-refractivity contribution in [3.05, 3.63) is 39.9 Å². The van der Waals surface area contributed by atoms with Crippen molar-refractivity contribution in [2.75, 3.05) is 6.26 Å². The van der Waals surface area contributed by atoms with Crippen LogP contribution in [0.25, 0.3) is 0 Å². The molecule has 2 atom stereocenters. The maximum Gasteiger partial charge on any atom is 0.272 e. The molecular formula is C11H16N2O4S. The SMILES string of the molecule is CC(C(N)Cc1ccccc1[N+](=O)[O-])S(C)(=O)=O. The lowest BCUT2D eigenvalue weighted by atomic mass is 10.0. The van der Waals surface area contributed by atoms with Crippen molar-refractivity contribution >= 4 is 15.5 Å². The number of hydrogen-bond donors (Lipinski definition) is 1. The van der Waals surface area contributed by atoms with Gasteiger partial charge in [0.1, 0.15) is 0 Å². The minimum Gasteiger partial charge on any atom is -0.326 e. The largest absolute Gasteiger partial charge is 0.326 e. The van der Waals surface area contributed by atoms with Gasteiger partial charge in [0.2, 0.25) is 0 Å². The Hall–Kier alpha value is -1.47. The maximum atomic E-state index is 11.4.